The molecule has 0 aromatic heterocycles. The van der Waals surface area contributed by atoms with Crippen LogP contribution in [0.1, 0.15) is 36.5 Å². The third-order valence-electron chi connectivity index (χ3n) is 7.13. The molecule has 0 N–H and O–H groups in total. The van der Waals surface area contributed by atoms with E-state index in [4.69, 9.17) is 12.6 Å². The van der Waals surface area contributed by atoms with Crippen molar-refractivity contribution in [3.8, 4) is 0 Å². The highest BCUT2D eigenvalue weighted by Gasteiger charge is 2.30. The van der Waals surface area contributed by atoms with Crippen LogP contribution in [0, 0.1) is 11.8 Å². The third kappa shape index (κ3) is 6.19. The monoisotopic (exact) mass is 478 g/mol. The van der Waals surface area contributed by atoms with Crippen LogP contribution < -0.4 is 0 Å². The first-order valence-electron chi connectivity index (χ1n) is 12.3. The highest BCUT2D eigenvalue weighted by molar-refractivity contribution is 7.85. The molecule has 1 saturated heterocycles. The molecule has 0 bridgehead atoms. The lowest BCUT2D eigenvalue weighted by atomic mass is 9.81. The van der Waals surface area contributed by atoms with Gasteiger partial charge in [0.05, 0.1) is 10.6 Å². The van der Waals surface area contributed by atoms with Gasteiger partial charge in [0.1, 0.15) is 6.67 Å². The Bertz CT molecular complexity index is 1030. The molecule has 2 aromatic rings. The highest BCUT2D eigenvalue weighted by atomic mass is 32.1. The van der Waals surface area contributed by atoms with Gasteiger partial charge in [-0.25, -0.2) is 4.39 Å². The van der Waals surface area contributed by atoms with E-state index in [0.29, 0.717) is 10.8 Å². The van der Waals surface area contributed by atoms with E-state index in [0.717, 1.165) is 68.8 Å². The second kappa shape index (κ2) is 11.9. The SMILES string of the molecule is CC1C/C=C/C(N2CCN(Cc3cccc(CF)c3)CC2)=C(/S)C(=O)C1CCc1ccccc1. The molecule has 2 unspecified atom stereocenters. The number of halogens is 1. The summed E-state index contributed by atoms with van der Waals surface area (Å²) in [4.78, 5) is 18.8. The smallest absolute Gasteiger partial charge is 0.174 e. The molecule has 0 radical (unpaired) electrons. The van der Waals surface area contributed by atoms with Crippen molar-refractivity contribution >= 4 is 18.4 Å². The summed E-state index contributed by atoms with van der Waals surface area (Å²) in [6, 6.07) is 18.2. The van der Waals surface area contributed by atoms with E-state index in [1.165, 1.54) is 5.56 Å². The molecule has 34 heavy (non-hydrogen) atoms. The summed E-state index contributed by atoms with van der Waals surface area (Å²) in [5.41, 5.74) is 4.12. The van der Waals surface area contributed by atoms with E-state index in [-0.39, 0.29) is 11.7 Å². The number of piperazine rings is 1. The van der Waals surface area contributed by atoms with Crippen molar-refractivity contribution in [1.29, 1.82) is 0 Å². The number of rotatable bonds is 7. The normalized spacial score (nSPS) is 25.1. The molecule has 1 aliphatic heterocycles. The van der Waals surface area contributed by atoms with Gasteiger partial charge in [0.15, 0.2) is 5.78 Å². The summed E-state index contributed by atoms with van der Waals surface area (Å²) in [6.45, 7) is 6.09. The number of ketones is 1. The first-order valence-corrected chi connectivity index (χ1v) is 12.8. The van der Waals surface area contributed by atoms with Gasteiger partial charge in [-0.15, -0.1) is 12.6 Å². The number of benzene rings is 2. The van der Waals surface area contributed by atoms with Crippen LogP contribution in [0.5, 0.6) is 0 Å². The van der Waals surface area contributed by atoms with Gasteiger partial charge in [-0.3, -0.25) is 9.69 Å². The Labute approximate surface area is 208 Å². The summed E-state index contributed by atoms with van der Waals surface area (Å²) in [5.74, 6) is 0.460. The number of aryl methyl sites for hydroxylation is 1. The Morgan fingerprint density at radius 3 is 2.41 bits per heavy atom. The molecule has 0 spiro atoms. The van der Waals surface area contributed by atoms with Crippen LogP contribution in [0.3, 0.4) is 0 Å². The fraction of sp³-hybridized carbons (Fsp3) is 0.414. The maximum atomic E-state index is 13.5. The highest BCUT2D eigenvalue weighted by Crippen LogP contribution is 2.32. The molecule has 2 atom stereocenters. The second-order valence-electron chi connectivity index (χ2n) is 9.56. The minimum Gasteiger partial charge on any atom is -0.368 e. The molecule has 4 rings (SSSR count). The number of alkyl halides is 1. The van der Waals surface area contributed by atoms with Crippen LogP contribution in [0.2, 0.25) is 0 Å². The van der Waals surface area contributed by atoms with Crippen molar-refractivity contribution in [1.82, 2.24) is 9.80 Å². The number of nitrogens with zero attached hydrogens (tertiary/aromatic N) is 2. The predicted molar refractivity (Wildman–Crippen MR) is 140 cm³/mol. The minimum absolute atomic E-state index is 0.0169. The number of allylic oxidation sites excluding steroid dienone is 3. The maximum absolute atomic E-state index is 13.5. The Balaban J connectivity index is 1.40. The Kier molecular flexibility index (Phi) is 8.63. The summed E-state index contributed by atoms with van der Waals surface area (Å²) in [5, 5.41) is 0. The van der Waals surface area contributed by atoms with E-state index >= 15 is 0 Å². The van der Waals surface area contributed by atoms with Crippen LogP contribution in [0.25, 0.3) is 0 Å². The number of hydrogen-bond acceptors (Lipinski definition) is 4. The maximum Gasteiger partial charge on any atom is 0.174 e. The van der Waals surface area contributed by atoms with E-state index in [9.17, 15) is 9.18 Å². The van der Waals surface area contributed by atoms with Crippen molar-refractivity contribution in [2.75, 3.05) is 26.2 Å². The molecule has 2 aliphatic rings. The predicted octanol–water partition coefficient (Wildman–Crippen LogP) is 5.83. The largest absolute Gasteiger partial charge is 0.368 e. The first kappa shape index (κ1) is 24.7. The number of thiol groups is 1. The van der Waals surface area contributed by atoms with Gasteiger partial charge in [0, 0.05) is 38.6 Å². The van der Waals surface area contributed by atoms with Crippen LogP contribution in [0.4, 0.5) is 4.39 Å². The minimum atomic E-state index is -0.425. The lowest BCUT2D eigenvalue weighted by Crippen LogP contribution is -2.45. The molecule has 1 heterocycles. The molecular formula is C29H35FN2OS. The topological polar surface area (TPSA) is 23.6 Å². The molecule has 0 saturated carbocycles. The molecule has 1 fully saturated rings. The van der Waals surface area contributed by atoms with E-state index in [2.05, 4.69) is 59.2 Å². The zero-order valence-electron chi connectivity index (χ0n) is 20.0. The molecule has 0 amide bonds. The summed E-state index contributed by atoms with van der Waals surface area (Å²) in [7, 11) is 0. The van der Waals surface area contributed by atoms with Gasteiger partial charge in [0.2, 0.25) is 0 Å². The molecule has 1 aliphatic carbocycles. The zero-order chi connectivity index (χ0) is 23.9. The number of carbonyl (C=O) groups is 1. The fourth-order valence-corrected chi connectivity index (χ4v) is 5.43. The van der Waals surface area contributed by atoms with Crippen LogP contribution in [0.15, 0.2) is 77.4 Å². The van der Waals surface area contributed by atoms with Gasteiger partial charge in [-0.1, -0.05) is 67.6 Å². The molecule has 2 aromatic carbocycles. The van der Waals surface area contributed by atoms with Crippen LogP contribution in [-0.2, 0) is 24.4 Å². The van der Waals surface area contributed by atoms with Crippen molar-refractivity contribution in [2.45, 2.75) is 39.4 Å². The molecule has 5 heteroatoms. The Hall–Kier alpha value is -2.37. The summed E-state index contributed by atoms with van der Waals surface area (Å²) in [6.07, 6.45) is 6.98. The number of Topliss-reactive ketones (excluding diaryl/α,β-unsaturated/α-hetero) is 1. The Morgan fingerprint density at radius 1 is 0.971 bits per heavy atom. The van der Waals surface area contributed by atoms with Gasteiger partial charge in [-0.05, 0) is 47.9 Å². The molecule has 180 valence electrons. The molecule has 3 nitrogen and oxygen atoms in total. The summed E-state index contributed by atoms with van der Waals surface area (Å²) < 4.78 is 13.0. The average molecular weight is 479 g/mol. The second-order valence-corrected chi connectivity index (χ2v) is 10.0. The van der Waals surface area contributed by atoms with Crippen molar-refractivity contribution < 1.29 is 9.18 Å². The van der Waals surface area contributed by atoms with E-state index in [1.807, 2.05) is 24.3 Å². The lowest BCUT2D eigenvalue weighted by Gasteiger charge is -2.38. The molecular weight excluding hydrogens is 443 g/mol. The first-order chi connectivity index (χ1) is 16.5. The average Bonchev–Trinajstić information content (AvgIpc) is 2.87. The summed E-state index contributed by atoms with van der Waals surface area (Å²) >= 11 is 4.77. The van der Waals surface area contributed by atoms with Crippen LogP contribution >= 0.6 is 12.6 Å². The quantitative estimate of drug-likeness (QED) is 0.507. The Morgan fingerprint density at radius 2 is 1.68 bits per heavy atom. The standard InChI is InChI=1S/C29H35FN2OS/c1-22-7-5-12-27(29(34)28(33)26(22)14-13-23-8-3-2-4-9-23)32-17-15-31(16-18-32)21-25-11-6-10-24(19-25)20-30/h2-6,8-12,19,22,26,34H,7,13-18,20-21H2,1H3/b12-5+,29-27-. The van der Waals surface area contributed by atoms with Crippen molar-refractivity contribution in [3.63, 3.8) is 0 Å². The lowest BCUT2D eigenvalue weighted by molar-refractivity contribution is -0.120. The zero-order valence-corrected chi connectivity index (χ0v) is 20.9. The van der Waals surface area contributed by atoms with Crippen molar-refractivity contribution in [3.05, 3.63) is 94.0 Å². The van der Waals surface area contributed by atoms with Crippen molar-refractivity contribution in [2.24, 2.45) is 11.8 Å². The van der Waals surface area contributed by atoms with Gasteiger partial charge >= 0.3 is 0 Å². The van der Waals surface area contributed by atoms with E-state index < -0.39 is 6.67 Å². The van der Waals surface area contributed by atoms with Gasteiger partial charge < -0.3 is 4.90 Å². The number of hydrogen-bond donors (Lipinski definition) is 1. The van der Waals surface area contributed by atoms with Crippen LogP contribution in [-0.4, -0.2) is 41.8 Å². The van der Waals surface area contributed by atoms with Gasteiger partial charge in [0.25, 0.3) is 0 Å². The van der Waals surface area contributed by atoms with Gasteiger partial charge in [-0.2, -0.15) is 0 Å². The fourth-order valence-electron chi connectivity index (χ4n) is 5.05. The van der Waals surface area contributed by atoms with E-state index in [1.54, 1.807) is 0 Å². The third-order valence-corrected chi connectivity index (χ3v) is 7.58. The number of carbonyl (C=O) groups excluding carboxylic acids is 1.